The van der Waals surface area contributed by atoms with Gasteiger partial charge < -0.3 is 13.7 Å². The lowest BCUT2D eigenvalue weighted by atomic mass is 10.1. The lowest BCUT2D eigenvalue weighted by molar-refractivity contribution is -0.136. The van der Waals surface area contributed by atoms with Crippen molar-refractivity contribution >= 4 is 17.8 Å². The van der Waals surface area contributed by atoms with Gasteiger partial charge in [-0.2, -0.15) is 0 Å². The second kappa shape index (κ2) is 3.79. The fourth-order valence-electron chi connectivity index (χ4n) is 1.52. The van der Waals surface area contributed by atoms with Gasteiger partial charge >= 0.3 is 5.97 Å². The Balaban J connectivity index is 2.03. The fourth-order valence-corrected chi connectivity index (χ4v) is 1.52. The third-order valence-corrected chi connectivity index (χ3v) is 2.28. The van der Waals surface area contributed by atoms with Crippen molar-refractivity contribution in [2.24, 2.45) is 5.16 Å². The highest BCUT2D eigenvalue weighted by atomic mass is 16.7. The minimum Gasteiger partial charge on any atom is -0.465 e. The number of carbonyl (C=O) groups is 1. The number of hydrogen-bond acceptors (Lipinski definition) is 5. The van der Waals surface area contributed by atoms with E-state index in [-0.39, 0.29) is 0 Å². The van der Waals surface area contributed by atoms with Crippen LogP contribution in [0.3, 0.4) is 0 Å². The summed E-state index contributed by atoms with van der Waals surface area (Å²) in [5.41, 5.74) is 0.686. The number of oxime groups is 1. The molecule has 0 saturated heterocycles. The molecule has 0 saturated carbocycles. The first-order chi connectivity index (χ1) is 8.34. The van der Waals surface area contributed by atoms with Crippen molar-refractivity contribution in [1.29, 1.82) is 0 Å². The van der Waals surface area contributed by atoms with Crippen molar-refractivity contribution in [2.45, 2.75) is 0 Å². The second-order valence-electron chi connectivity index (χ2n) is 3.37. The molecule has 2 aromatic rings. The van der Waals surface area contributed by atoms with E-state index >= 15 is 0 Å². The molecule has 1 aliphatic rings. The summed E-state index contributed by atoms with van der Waals surface area (Å²) in [6, 6.07) is 6.89. The molecule has 5 nitrogen and oxygen atoms in total. The van der Waals surface area contributed by atoms with E-state index in [0.717, 1.165) is 0 Å². The van der Waals surface area contributed by atoms with Crippen molar-refractivity contribution in [2.75, 3.05) is 0 Å². The summed E-state index contributed by atoms with van der Waals surface area (Å²) in [6.07, 6.45) is 4.60. The smallest absolute Gasteiger partial charge is 0.368 e. The fraction of sp³-hybridized carbons (Fsp3) is 0. The largest absolute Gasteiger partial charge is 0.465 e. The quantitative estimate of drug-likeness (QED) is 0.585. The molecule has 3 rings (SSSR count). The van der Waals surface area contributed by atoms with Gasteiger partial charge in [0.25, 0.3) is 0 Å². The maximum absolute atomic E-state index is 11.5. The molecule has 1 aliphatic heterocycles. The van der Waals surface area contributed by atoms with Crippen molar-refractivity contribution in [3.05, 3.63) is 53.9 Å². The van der Waals surface area contributed by atoms with Crippen LogP contribution in [0.1, 0.15) is 11.5 Å². The summed E-state index contributed by atoms with van der Waals surface area (Å²) >= 11 is 0. The summed E-state index contributed by atoms with van der Waals surface area (Å²) in [4.78, 5) is 16.1. The molecule has 0 fully saturated rings. The summed E-state index contributed by atoms with van der Waals surface area (Å²) in [5, 5.41) is 3.68. The van der Waals surface area contributed by atoms with Gasteiger partial charge in [-0.05, 0) is 30.3 Å². The maximum atomic E-state index is 11.5. The van der Waals surface area contributed by atoms with Gasteiger partial charge in [-0.1, -0.05) is 5.16 Å². The number of rotatable bonds is 2. The molecule has 0 atom stereocenters. The maximum Gasteiger partial charge on any atom is 0.368 e. The van der Waals surface area contributed by atoms with Crippen LogP contribution in [-0.2, 0) is 9.63 Å². The Labute approximate surface area is 96.0 Å². The number of furan rings is 2. The zero-order chi connectivity index (χ0) is 11.7. The molecule has 0 aromatic carbocycles. The lowest BCUT2D eigenvalue weighted by Gasteiger charge is -1.94. The van der Waals surface area contributed by atoms with Gasteiger partial charge in [0.05, 0.1) is 18.1 Å². The normalized spacial score (nSPS) is 17.3. The van der Waals surface area contributed by atoms with Crippen LogP contribution < -0.4 is 0 Å². The first kappa shape index (κ1) is 9.65. The Kier molecular flexibility index (Phi) is 2.15. The van der Waals surface area contributed by atoms with E-state index in [9.17, 15) is 4.79 Å². The molecule has 3 heterocycles. The summed E-state index contributed by atoms with van der Waals surface area (Å²) in [6.45, 7) is 0. The monoisotopic (exact) mass is 229 g/mol. The van der Waals surface area contributed by atoms with E-state index in [1.54, 1.807) is 30.3 Å². The minimum absolute atomic E-state index is 0.315. The van der Waals surface area contributed by atoms with Crippen LogP contribution in [0.4, 0.5) is 0 Å². The van der Waals surface area contributed by atoms with Crippen molar-refractivity contribution in [3.63, 3.8) is 0 Å². The molecular formula is C12H7NO4. The third kappa shape index (κ3) is 1.67. The highest BCUT2D eigenvalue weighted by Gasteiger charge is 2.28. The summed E-state index contributed by atoms with van der Waals surface area (Å²) in [7, 11) is 0. The van der Waals surface area contributed by atoms with Crippen molar-refractivity contribution in [3.8, 4) is 0 Å². The van der Waals surface area contributed by atoms with E-state index in [1.807, 2.05) is 0 Å². The average Bonchev–Trinajstić information content (AvgIpc) is 3.03. The van der Waals surface area contributed by atoms with Crippen LogP contribution in [-0.4, -0.2) is 11.7 Å². The Hall–Kier alpha value is -2.56. The Morgan fingerprint density at radius 2 is 1.94 bits per heavy atom. The van der Waals surface area contributed by atoms with Crippen LogP contribution in [0.25, 0.3) is 6.08 Å². The Bertz CT molecular complexity index is 591. The van der Waals surface area contributed by atoms with Gasteiger partial charge in [0.15, 0.2) is 11.5 Å². The van der Waals surface area contributed by atoms with Crippen LogP contribution in [0, 0.1) is 0 Å². The standard InChI is InChI=1S/C12H7NO4/c14-12-9(7-8-3-1-5-15-8)11(13-17-12)10-4-2-6-16-10/h1-7H/b9-7-. The van der Waals surface area contributed by atoms with Crippen LogP contribution in [0.2, 0.25) is 0 Å². The molecule has 0 unspecified atom stereocenters. The lowest BCUT2D eigenvalue weighted by Crippen LogP contribution is -2.05. The van der Waals surface area contributed by atoms with Crippen molar-refractivity contribution < 1.29 is 18.5 Å². The zero-order valence-corrected chi connectivity index (χ0v) is 8.62. The molecule has 0 spiro atoms. The zero-order valence-electron chi connectivity index (χ0n) is 8.62. The van der Waals surface area contributed by atoms with Gasteiger partial charge in [0.2, 0.25) is 0 Å². The SMILES string of the molecule is O=C1ON=C(c2ccco2)/C1=C/c1ccco1. The topological polar surface area (TPSA) is 64.9 Å². The minimum atomic E-state index is -0.521. The first-order valence-corrected chi connectivity index (χ1v) is 4.93. The molecule has 17 heavy (non-hydrogen) atoms. The van der Waals surface area contributed by atoms with Gasteiger partial charge in [-0.25, -0.2) is 4.79 Å². The Morgan fingerprint density at radius 1 is 1.12 bits per heavy atom. The molecule has 0 N–H and O–H groups in total. The van der Waals surface area contributed by atoms with E-state index in [2.05, 4.69) is 9.99 Å². The van der Waals surface area contributed by atoms with Crippen molar-refractivity contribution in [1.82, 2.24) is 0 Å². The molecule has 0 bridgehead atoms. The molecule has 2 aromatic heterocycles. The average molecular weight is 229 g/mol. The highest BCUT2D eigenvalue weighted by molar-refractivity contribution is 6.30. The molecule has 5 heteroatoms. The van der Waals surface area contributed by atoms with E-state index in [0.29, 0.717) is 22.8 Å². The molecular weight excluding hydrogens is 222 g/mol. The van der Waals surface area contributed by atoms with E-state index < -0.39 is 5.97 Å². The summed E-state index contributed by atoms with van der Waals surface area (Å²) < 4.78 is 10.3. The molecule has 84 valence electrons. The van der Waals surface area contributed by atoms with E-state index in [1.165, 1.54) is 12.5 Å². The summed E-state index contributed by atoms with van der Waals surface area (Å²) in [5.74, 6) is 0.513. The predicted molar refractivity (Wildman–Crippen MR) is 58.0 cm³/mol. The van der Waals surface area contributed by atoms with Gasteiger partial charge in [0.1, 0.15) is 5.76 Å². The predicted octanol–water partition coefficient (Wildman–Crippen LogP) is 2.22. The van der Waals surface area contributed by atoms with Crippen LogP contribution in [0.5, 0.6) is 0 Å². The van der Waals surface area contributed by atoms with Crippen LogP contribution >= 0.6 is 0 Å². The van der Waals surface area contributed by atoms with Gasteiger partial charge in [-0.15, -0.1) is 0 Å². The third-order valence-electron chi connectivity index (χ3n) is 2.28. The highest BCUT2D eigenvalue weighted by Crippen LogP contribution is 2.20. The van der Waals surface area contributed by atoms with E-state index in [4.69, 9.17) is 8.83 Å². The molecule has 0 aliphatic carbocycles. The Morgan fingerprint density at radius 3 is 2.65 bits per heavy atom. The first-order valence-electron chi connectivity index (χ1n) is 4.93. The van der Waals surface area contributed by atoms with Crippen LogP contribution in [0.15, 0.2) is 56.4 Å². The number of nitrogens with zero attached hydrogens (tertiary/aromatic N) is 1. The second-order valence-corrected chi connectivity index (χ2v) is 3.37. The molecule has 0 amide bonds. The number of hydrogen-bond donors (Lipinski definition) is 0. The molecule has 0 radical (unpaired) electrons. The van der Waals surface area contributed by atoms with Gasteiger partial charge in [0, 0.05) is 0 Å². The van der Waals surface area contributed by atoms with Gasteiger partial charge in [-0.3, -0.25) is 0 Å². The number of carbonyl (C=O) groups excluding carboxylic acids is 1.